The zero-order valence-corrected chi connectivity index (χ0v) is 16.9. The predicted molar refractivity (Wildman–Crippen MR) is 113 cm³/mol. The van der Waals surface area contributed by atoms with Gasteiger partial charge in [0, 0.05) is 17.6 Å². The Bertz CT molecular complexity index is 1030. The number of aryl methyl sites for hydroxylation is 1. The number of rotatable bonds is 3. The molecule has 1 aliphatic carbocycles. The predicted octanol–water partition coefficient (Wildman–Crippen LogP) is 4.57. The quantitative estimate of drug-likeness (QED) is 0.706. The van der Waals surface area contributed by atoms with E-state index in [9.17, 15) is 9.59 Å². The van der Waals surface area contributed by atoms with Crippen LogP contribution in [0.3, 0.4) is 0 Å². The topological polar surface area (TPSA) is 63.5 Å². The zero-order chi connectivity index (χ0) is 19.5. The zero-order valence-electron chi connectivity index (χ0n) is 16.1. The molecule has 0 radical (unpaired) electrons. The summed E-state index contributed by atoms with van der Waals surface area (Å²) in [6.45, 7) is 2.03. The highest BCUT2D eigenvalue weighted by atomic mass is 32.1. The average Bonchev–Trinajstić information content (AvgIpc) is 3.09. The highest BCUT2D eigenvalue weighted by molar-refractivity contribution is 7.15. The van der Waals surface area contributed by atoms with Crippen LogP contribution in [0.2, 0.25) is 0 Å². The molecule has 1 amide bonds. The number of hydrogen-bond donors (Lipinski definition) is 1. The number of aromatic nitrogens is 2. The fraction of sp³-hybridized carbons (Fsp3) is 0.409. The molecule has 0 unspecified atom stereocenters. The maximum atomic E-state index is 13.1. The first-order valence-corrected chi connectivity index (χ1v) is 10.9. The van der Waals surface area contributed by atoms with Gasteiger partial charge in [-0.25, -0.2) is 4.98 Å². The molecule has 2 aromatic heterocycles. The summed E-state index contributed by atoms with van der Waals surface area (Å²) in [5, 5.41) is 5.00. The van der Waals surface area contributed by atoms with Crippen molar-refractivity contribution in [1.29, 1.82) is 0 Å². The first-order chi connectivity index (χ1) is 13.6. The van der Waals surface area contributed by atoms with Crippen molar-refractivity contribution >= 4 is 22.2 Å². The van der Waals surface area contributed by atoms with E-state index >= 15 is 0 Å². The molecule has 0 bridgehead atoms. The third-order valence-corrected chi connectivity index (χ3v) is 6.32. The van der Waals surface area contributed by atoms with Gasteiger partial charge in [0.15, 0.2) is 4.96 Å². The van der Waals surface area contributed by atoms with Crippen molar-refractivity contribution in [2.75, 3.05) is 0 Å². The van der Waals surface area contributed by atoms with Crippen molar-refractivity contribution in [3.05, 3.63) is 57.3 Å². The monoisotopic (exact) mass is 395 g/mol. The molecule has 5 nitrogen and oxygen atoms in total. The minimum absolute atomic E-state index is 0.117. The second-order valence-electron chi connectivity index (χ2n) is 7.60. The van der Waals surface area contributed by atoms with Crippen LogP contribution in [0, 0.1) is 6.92 Å². The van der Waals surface area contributed by atoms with Gasteiger partial charge in [0.25, 0.3) is 11.5 Å². The Hall–Kier alpha value is -2.47. The molecule has 0 aliphatic heterocycles. The standard InChI is InChI=1S/C22H25N3O2S/c1-15-9-11-16(12-10-15)19-14-28-22-23-13-18(21(27)25(19)22)20(26)24-17-7-5-3-2-4-6-8-17/h9-14,17H,2-8H2,1H3,(H,24,26). The Labute approximate surface area is 168 Å². The first kappa shape index (κ1) is 18.9. The van der Waals surface area contributed by atoms with E-state index in [0.29, 0.717) is 4.96 Å². The number of hydrogen-bond acceptors (Lipinski definition) is 4. The highest BCUT2D eigenvalue weighted by Crippen LogP contribution is 2.24. The van der Waals surface area contributed by atoms with Crippen LogP contribution in [0.15, 0.2) is 40.6 Å². The van der Waals surface area contributed by atoms with Crippen LogP contribution in [0.4, 0.5) is 0 Å². The maximum Gasteiger partial charge on any atom is 0.271 e. The van der Waals surface area contributed by atoms with Crippen molar-refractivity contribution in [1.82, 2.24) is 14.7 Å². The third-order valence-electron chi connectivity index (χ3n) is 5.48. The van der Waals surface area contributed by atoms with Crippen LogP contribution in [0.25, 0.3) is 16.2 Å². The second kappa shape index (κ2) is 8.27. The van der Waals surface area contributed by atoms with Crippen LogP contribution in [-0.4, -0.2) is 21.3 Å². The van der Waals surface area contributed by atoms with Gasteiger partial charge in [-0.05, 0) is 25.3 Å². The minimum atomic E-state index is -0.307. The van der Waals surface area contributed by atoms with Crippen LogP contribution in [-0.2, 0) is 0 Å². The molecule has 3 aromatic rings. The molecular formula is C22H25N3O2S. The highest BCUT2D eigenvalue weighted by Gasteiger charge is 2.20. The molecule has 1 saturated carbocycles. The van der Waals surface area contributed by atoms with E-state index in [2.05, 4.69) is 10.3 Å². The average molecular weight is 396 g/mol. The maximum absolute atomic E-state index is 13.1. The summed E-state index contributed by atoms with van der Waals surface area (Å²) in [6, 6.07) is 8.16. The molecule has 1 fully saturated rings. The molecule has 0 atom stereocenters. The van der Waals surface area contributed by atoms with Gasteiger partial charge in [0.1, 0.15) is 5.56 Å². The van der Waals surface area contributed by atoms with E-state index in [0.717, 1.165) is 42.5 Å². The van der Waals surface area contributed by atoms with Crippen molar-refractivity contribution in [3.8, 4) is 11.3 Å². The lowest BCUT2D eigenvalue weighted by molar-refractivity contribution is 0.0928. The summed E-state index contributed by atoms with van der Waals surface area (Å²) in [7, 11) is 0. The molecule has 28 heavy (non-hydrogen) atoms. The lowest BCUT2D eigenvalue weighted by Crippen LogP contribution is -2.38. The van der Waals surface area contributed by atoms with Gasteiger partial charge in [-0.15, -0.1) is 11.3 Å². The minimum Gasteiger partial charge on any atom is -0.349 e. The number of nitrogens with one attached hydrogen (secondary N) is 1. The normalized spacial score (nSPS) is 15.9. The molecule has 146 valence electrons. The van der Waals surface area contributed by atoms with Gasteiger partial charge in [-0.1, -0.05) is 61.9 Å². The molecule has 2 heterocycles. The Kier molecular flexibility index (Phi) is 5.57. The van der Waals surface area contributed by atoms with Gasteiger partial charge in [0.05, 0.1) is 5.69 Å². The molecule has 1 aromatic carbocycles. The summed E-state index contributed by atoms with van der Waals surface area (Å²) < 4.78 is 1.56. The summed E-state index contributed by atoms with van der Waals surface area (Å²) in [6.07, 6.45) is 9.36. The largest absolute Gasteiger partial charge is 0.349 e. The fourth-order valence-corrected chi connectivity index (χ4v) is 4.70. The molecule has 6 heteroatoms. The molecule has 0 saturated heterocycles. The molecule has 0 spiro atoms. The van der Waals surface area contributed by atoms with Crippen molar-refractivity contribution < 1.29 is 4.79 Å². The number of thiazole rings is 1. The number of carbonyl (C=O) groups excluding carboxylic acids is 1. The Morgan fingerprint density at radius 2 is 1.79 bits per heavy atom. The SMILES string of the molecule is Cc1ccc(-c2csc3ncc(C(=O)NC4CCCCCCC4)c(=O)n23)cc1. The van der Waals surface area contributed by atoms with E-state index in [-0.39, 0.29) is 23.1 Å². The summed E-state index contributed by atoms with van der Waals surface area (Å²) in [5.74, 6) is -0.307. The van der Waals surface area contributed by atoms with Gasteiger partial charge in [0.2, 0.25) is 0 Å². The molecule has 1 aliphatic rings. The lowest BCUT2D eigenvalue weighted by atomic mass is 9.96. The van der Waals surface area contributed by atoms with Crippen molar-refractivity contribution in [2.24, 2.45) is 0 Å². The number of carbonyl (C=O) groups is 1. The van der Waals surface area contributed by atoms with Crippen LogP contribution in [0.1, 0.15) is 60.9 Å². The first-order valence-electron chi connectivity index (χ1n) is 10.0. The van der Waals surface area contributed by atoms with E-state index in [4.69, 9.17) is 0 Å². The van der Waals surface area contributed by atoms with Crippen LogP contribution in [0.5, 0.6) is 0 Å². The summed E-state index contributed by atoms with van der Waals surface area (Å²) in [5.41, 5.74) is 2.70. The lowest BCUT2D eigenvalue weighted by Gasteiger charge is -2.20. The van der Waals surface area contributed by atoms with E-state index in [1.807, 2.05) is 36.6 Å². The van der Waals surface area contributed by atoms with Crippen LogP contribution < -0.4 is 10.9 Å². The van der Waals surface area contributed by atoms with Gasteiger partial charge in [-0.3, -0.25) is 14.0 Å². The van der Waals surface area contributed by atoms with Gasteiger partial charge >= 0.3 is 0 Å². The molecule has 1 N–H and O–H groups in total. The van der Waals surface area contributed by atoms with E-state index in [1.54, 1.807) is 4.40 Å². The molecule has 4 rings (SSSR count). The Morgan fingerprint density at radius 1 is 1.11 bits per heavy atom. The Balaban J connectivity index is 1.65. The number of fused-ring (bicyclic) bond motifs is 1. The van der Waals surface area contributed by atoms with E-state index < -0.39 is 0 Å². The van der Waals surface area contributed by atoms with Crippen LogP contribution >= 0.6 is 11.3 Å². The smallest absolute Gasteiger partial charge is 0.271 e. The van der Waals surface area contributed by atoms with Gasteiger partial charge < -0.3 is 5.32 Å². The fourth-order valence-electron chi connectivity index (χ4n) is 3.84. The van der Waals surface area contributed by atoms with Gasteiger partial charge in [-0.2, -0.15) is 0 Å². The molecular weight excluding hydrogens is 370 g/mol. The summed E-state index contributed by atoms with van der Waals surface area (Å²) >= 11 is 1.41. The number of benzene rings is 1. The van der Waals surface area contributed by atoms with E-state index in [1.165, 1.54) is 36.8 Å². The van der Waals surface area contributed by atoms with Crippen molar-refractivity contribution in [3.63, 3.8) is 0 Å². The number of amides is 1. The third kappa shape index (κ3) is 3.87. The number of nitrogens with zero attached hydrogens (tertiary/aromatic N) is 2. The summed E-state index contributed by atoms with van der Waals surface area (Å²) in [4.78, 5) is 30.9. The second-order valence-corrected chi connectivity index (χ2v) is 8.43. The van der Waals surface area contributed by atoms with Crippen molar-refractivity contribution in [2.45, 2.75) is 57.9 Å². The Morgan fingerprint density at radius 3 is 2.50 bits per heavy atom.